The molecule has 2 heteroatoms. The van der Waals surface area contributed by atoms with Gasteiger partial charge in [-0.25, -0.2) is 0 Å². The van der Waals surface area contributed by atoms with Gasteiger partial charge in [-0.2, -0.15) is 0 Å². The van der Waals surface area contributed by atoms with Crippen molar-refractivity contribution in [3.05, 3.63) is 0 Å². The fourth-order valence-corrected chi connectivity index (χ4v) is 17.4. The van der Waals surface area contributed by atoms with Crippen LogP contribution >= 0.6 is 11.8 Å². The van der Waals surface area contributed by atoms with Gasteiger partial charge >= 0.3 is 74.2 Å². The molecule has 0 aliphatic carbocycles. The van der Waals surface area contributed by atoms with Crippen molar-refractivity contribution >= 4 is 30.1 Å². The van der Waals surface area contributed by atoms with Gasteiger partial charge in [-0.1, -0.05) is 0 Å². The van der Waals surface area contributed by atoms with E-state index in [0.29, 0.717) is 0 Å². The molecule has 0 amide bonds. The summed E-state index contributed by atoms with van der Waals surface area (Å²) in [5, 5.41) is 0. The third-order valence-electron chi connectivity index (χ3n) is 2.70. The average Bonchev–Trinajstić information content (AvgIpc) is 2.01. The third kappa shape index (κ3) is 3.03. The van der Waals surface area contributed by atoms with Crippen molar-refractivity contribution in [3.63, 3.8) is 0 Å². The fourth-order valence-electron chi connectivity index (χ4n) is 1.36. The van der Waals surface area contributed by atoms with Crippen LogP contribution in [0.5, 0.6) is 0 Å². The number of hydrogen-bond donors (Lipinski definition) is 0. The third-order valence-corrected chi connectivity index (χ3v) is 24.2. The monoisotopic (exact) mass is 268 g/mol. The zero-order valence-electron chi connectivity index (χ0n) is 7.74. The second kappa shape index (κ2) is 5.76. The Bertz CT molecular complexity index is 71.1. The zero-order valence-corrected chi connectivity index (χ0v) is 11.4. The Balaban J connectivity index is 3.87. The van der Waals surface area contributed by atoms with Crippen molar-refractivity contribution < 1.29 is 0 Å². The van der Waals surface area contributed by atoms with E-state index in [-0.39, 0.29) is 0 Å². The zero-order chi connectivity index (χ0) is 8.04. The summed E-state index contributed by atoms with van der Waals surface area (Å²) in [6.07, 6.45) is 2.26. The van der Waals surface area contributed by atoms with E-state index in [1.54, 1.807) is 13.3 Å². The first-order valence-corrected chi connectivity index (χ1v) is 13.7. The molecule has 0 heterocycles. The summed E-state index contributed by atoms with van der Waals surface area (Å²) < 4.78 is 6.17. The van der Waals surface area contributed by atoms with Crippen LogP contribution in [0, 0.1) is 0 Å². The van der Waals surface area contributed by atoms with Crippen molar-refractivity contribution in [2.24, 2.45) is 0 Å². The van der Waals surface area contributed by atoms with Crippen LogP contribution in [0.4, 0.5) is 0 Å². The Hall–Kier alpha value is 1.15. The molecule has 0 radical (unpaired) electrons. The summed E-state index contributed by atoms with van der Waals surface area (Å²) in [7, 11) is 0. The molecule has 0 unspecified atom stereocenters. The van der Waals surface area contributed by atoms with Gasteiger partial charge in [0.05, 0.1) is 0 Å². The van der Waals surface area contributed by atoms with E-state index >= 15 is 0 Å². The second-order valence-electron chi connectivity index (χ2n) is 2.99. The maximum absolute atomic E-state index is 2.40. The van der Waals surface area contributed by atoms with Crippen LogP contribution in [-0.2, 0) is 0 Å². The molecule has 0 rings (SSSR count). The first-order valence-electron chi connectivity index (χ1n) is 4.23. The van der Waals surface area contributed by atoms with Crippen LogP contribution in [0.2, 0.25) is 13.3 Å². The Morgan fingerprint density at radius 2 is 1.40 bits per heavy atom. The predicted octanol–water partition coefficient (Wildman–Crippen LogP) is 3.40. The molecular weight excluding hydrogens is 247 g/mol. The quantitative estimate of drug-likeness (QED) is 0.688. The molecule has 0 bridgehead atoms. The van der Waals surface area contributed by atoms with E-state index in [1.807, 2.05) is 0 Å². The van der Waals surface area contributed by atoms with Gasteiger partial charge in [0.15, 0.2) is 0 Å². The molecule has 0 aliphatic rings. The van der Waals surface area contributed by atoms with Crippen molar-refractivity contribution in [2.75, 3.05) is 10.0 Å². The van der Waals surface area contributed by atoms with Crippen molar-refractivity contribution in [2.45, 2.75) is 34.1 Å². The molecule has 0 spiro atoms. The van der Waals surface area contributed by atoms with Crippen LogP contribution in [0.3, 0.4) is 0 Å². The number of rotatable bonds is 5. The first kappa shape index (κ1) is 11.1. The minimum atomic E-state index is -1.47. The molecule has 0 N–H and O–H groups in total. The Morgan fingerprint density at radius 1 is 1.00 bits per heavy atom. The van der Waals surface area contributed by atoms with Gasteiger partial charge < -0.3 is 0 Å². The van der Waals surface area contributed by atoms with Crippen molar-refractivity contribution in [1.29, 1.82) is 0 Å². The molecule has 0 aromatic rings. The molecule has 0 aromatic heterocycles. The molecule has 0 aromatic carbocycles. The van der Waals surface area contributed by atoms with Gasteiger partial charge in [0.1, 0.15) is 0 Å². The average molecular weight is 267 g/mol. The molecule has 0 aliphatic heterocycles. The Labute approximate surface area is 74.0 Å². The van der Waals surface area contributed by atoms with Crippen LogP contribution in [0.15, 0.2) is 0 Å². The molecule has 0 fully saturated rings. The van der Waals surface area contributed by atoms with E-state index in [9.17, 15) is 0 Å². The van der Waals surface area contributed by atoms with Gasteiger partial charge in [0, 0.05) is 0 Å². The molecule has 0 saturated heterocycles. The van der Waals surface area contributed by atoms with E-state index in [2.05, 4.69) is 38.8 Å². The Morgan fingerprint density at radius 3 is 1.50 bits per heavy atom. The Kier molecular flexibility index (Phi) is 6.42. The van der Waals surface area contributed by atoms with Crippen molar-refractivity contribution in [3.8, 4) is 0 Å². The summed E-state index contributed by atoms with van der Waals surface area (Å²) in [5.41, 5.74) is 0. The number of hydrogen-bond acceptors (Lipinski definition) is 1. The summed E-state index contributed by atoms with van der Waals surface area (Å²) >= 11 is 0.608. The van der Waals surface area contributed by atoms with Gasteiger partial charge in [-0.15, -0.1) is 0 Å². The van der Waals surface area contributed by atoms with Gasteiger partial charge in [-0.3, -0.25) is 0 Å². The van der Waals surface area contributed by atoms with Gasteiger partial charge in [0.2, 0.25) is 0 Å². The normalized spacial score (nSPS) is 12.0. The van der Waals surface area contributed by atoms with Crippen LogP contribution in [0.25, 0.3) is 0 Å². The second-order valence-corrected chi connectivity index (χ2v) is 20.9. The van der Waals surface area contributed by atoms with Crippen LogP contribution in [0.1, 0.15) is 20.8 Å². The maximum atomic E-state index is 2.40. The summed E-state index contributed by atoms with van der Waals surface area (Å²) in [6.45, 7) is 7.21. The fraction of sp³-hybridized carbons (Fsp3) is 1.00. The van der Waals surface area contributed by atoms with E-state index in [1.165, 1.54) is 3.77 Å². The molecular formula is C8H20SSn. The molecule has 10 heavy (non-hydrogen) atoms. The molecule has 0 atom stereocenters. The summed E-state index contributed by atoms with van der Waals surface area (Å²) in [4.78, 5) is 0. The summed E-state index contributed by atoms with van der Waals surface area (Å²) in [6, 6.07) is 0. The first-order chi connectivity index (χ1) is 4.74. The SMILES string of the molecule is C[CH2][Sn]([CH2]C)([CH2]C)[CH2]SC. The van der Waals surface area contributed by atoms with Crippen LogP contribution in [-0.4, -0.2) is 28.4 Å². The molecule has 0 saturated carbocycles. The van der Waals surface area contributed by atoms with E-state index in [4.69, 9.17) is 0 Å². The predicted molar refractivity (Wildman–Crippen MR) is 55.6 cm³/mol. The van der Waals surface area contributed by atoms with E-state index in [0.717, 1.165) is 0 Å². The summed E-state index contributed by atoms with van der Waals surface area (Å²) in [5.74, 6) is 0. The van der Waals surface area contributed by atoms with Gasteiger partial charge in [0.25, 0.3) is 0 Å². The number of thioether (sulfide) groups is 1. The molecule has 62 valence electrons. The van der Waals surface area contributed by atoms with Crippen molar-refractivity contribution in [1.82, 2.24) is 0 Å². The standard InChI is InChI=1S/C2H5S.3C2H5.Sn/c1-3-2;3*1-2;/h1H2,2H3;3*1H2,2H3;. The molecule has 0 nitrogen and oxygen atoms in total. The van der Waals surface area contributed by atoms with E-state index < -0.39 is 18.4 Å². The minimum absolute atomic E-state index is 1.47. The van der Waals surface area contributed by atoms with Crippen LogP contribution < -0.4 is 0 Å². The topological polar surface area (TPSA) is 0 Å². The van der Waals surface area contributed by atoms with Gasteiger partial charge in [-0.05, 0) is 0 Å².